The molecule has 1 amide bonds. The van der Waals surface area contributed by atoms with Gasteiger partial charge >= 0.3 is 6.09 Å². The Morgan fingerprint density at radius 3 is 2.47 bits per heavy atom. The highest BCUT2D eigenvalue weighted by atomic mass is 35.5. The van der Waals surface area contributed by atoms with Gasteiger partial charge in [0.15, 0.2) is 0 Å². The second-order valence-corrected chi connectivity index (χ2v) is 9.09. The van der Waals surface area contributed by atoms with Crippen LogP contribution in [0.25, 0.3) is 0 Å². The van der Waals surface area contributed by atoms with Crippen molar-refractivity contribution in [1.29, 1.82) is 0 Å². The van der Waals surface area contributed by atoms with Gasteiger partial charge in [-0.15, -0.1) is 0 Å². The van der Waals surface area contributed by atoms with Crippen molar-refractivity contribution >= 4 is 29.3 Å². The van der Waals surface area contributed by atoms with Crippen LogP contribution >= 0.6 is 23.2 Å². The summed E-state index contributed by atoms with van der Waals surface area (Å²) in [5, 5.41) is 15.3. The second-order valence-electron chi connectivity index (χ2n) is 8.28. The van der Waals surface area contributed by atoms with Crippen molar-refractivity contribution in [1.82, 2.24) is 10.2 Å². The van der Waals surface area contributed by atoms with E-state index in [4.69, 9.17) is 27.9 Å². The number of hydrogen-bond acceptors (Lipinski definition) is 4. The topological polar surface area (TPSA) is 61.8 Å². The molecule has 0 aromatic heterocycles. The number of amides is 1. The van der Waals surface area contributed by atoms with Crippen LogP contribution in [0.2, 0.25) is 10.0 Å². The monoisotopic (exact) mass is 478 g/mol. The van der Waals surface area contributed by atoms with Crippen molar-refractivity contribution in [3.8, 4) is 0 Å². The molecule has 0 radical (unpaired) electrons. The second kappa shape index (κ2) is 12.4. The zero-order valence-electron chi connectivity index (χ0n) is 18.5. The van der Waals surface area contributed by atoms with Crippen LogP contribution < -0.4 is 5.32 Å². The van der Waals surface area contributed by atoms with E-state index in [0.717, 1.165) is 37.1 Å². The zero-order valence-corrected chi connectivity index (χ0v) is 20.0. The third-order valence-corrected chi connectivity index (χ3v) is 6.70. The van der Waals surface area contributed by atoms with Gasteiger partial charge < -0.3 is 15.2 Å². The Morgan fingerprint density at radius 2 is 1.81 bits per heavy atom. The van der Waals surface area contributed by atoms with E-state index >= 15 is 0 Å². The highest BCUT2D eigenvalue weighted by molar-refractivity contribution is 6.42. The fourth-order valence-electron chi connectivity index (χ4n) is 4.35. The van der Waals surface area contributed by atoms with Gasteiger partial charge in [0, 0.05) is 25.0 Å². The summed E-state index contributed by atoms with van der Waals surface area (Å²) in [4.78, 5) is 14.4. The average Bonchev–Trinajstić information content (AvgIpc) is 2.80. The first kappa shape index (κ1) is 24.8. The quantitative estimate of drug-likeness (QED) is 0.490. The highest BCUT2D eigenvalue weighted by Gasteiger charge is 2.31. The molecule has 0 saturated carbocycles. The molecule has 1 fully saturated rings. The minimum atomic E-state index is -0.685. The van der Waals surface area contributed by atoms with Crippen LogP contribution in [-0.2, 0) is 11.2 Å². The number of carbonyl (C=O) groups excluding carboxylic acids is 1. The predicted octanol–water partition coefficient (Wildman–Crippen LogP) is 5.63. The largest absolute Gasteiger partial charge is 0.450 e. The maximum atomic E-state index is 12.3. The van der Waals surface area contributed by atoms with E-state index in [0.29, 0.717) is 29.5 Å². The molecule has 1 aliphatic rings. The number of alkyl carbamates (subject to hydrolysis) is 1. The van der Waals surface area contributed by atoms with Crippen molar-refractivity contribution in [3.63, 3.8) is 0 Å². The Balaban J connectivity index is 1.88. The molecular formula is C25H32Cl2N2O3. The van der Waals surface area contributed by atoms with Gasteiger partial charge in [0.2, 0.25) is 0 Å². The normalized spacial score (nSPS) is 17.4. The number of benzene rings is 2. The fraction of sp³-hybridized carbons (Fsp3) is 0.480. The van der Waals surface area contributed by atoms with Gasteiger partial charge in [-0.25, -0.2) is 4.79 Å². The van der Waals surface area contributed by atoms with Crippen molar-refractivity contribution in [2.75, 3.05) is 19.7 Å². The van der Waals surface area contributed by atoms with E-state index in [1.807, 2.05) is 42.5 Å². The van der Waals surface area contributed by atoms with Crippen molar-refractivity contribution in [3.05, 3.63) is 69.7 Å². The Kier molecular flexibility index (Phi) is 9.67. The SMILES string of the molecule is CCOC(=O)NC(Cc1ccccc1)CC(c1ccc(Cl)c(Cl)c1)C(O)N1CCCCC1. The third-order valence-electron chi connectivity index (χ3n) is 5.96. The lowest BCUT2D eigenvalue weighted by molar-refractivity contribution is -0.0310. The summed E-state index contributed by atoms with van der Waals surface area (Å²) >= 11 is 12.5. The molecule has 2 N–H and O–H groups in total. The van der Waals surface area contributed by atoms with Gasteiger partial charge in [-0.05, 0) is 55.9 Å². The first-order chi connectivity index (χ1) is 15.5. The summed E-state index contributed by atoms with van der Waals surface area (Å²) in [6, 6.07) is 15.3. The molecule has 1 aliphatic heterocycles. The molecule has 3 rings (SSSR count). The van der Waals surface area contributed by atoms with E-state index in [2.05, 4.69) is 10.2 Å². The number of rotatable bonds is 9. The predicted molar refractivity (Wildman–Crippen MR) is 129 cm³/mol. The number of carbonyl (C=O) groups is 1. The van der Waals surface area contributed by atoms with E-state index in [1.54, 1.807) is 13.0 Å². The van der Waals surface area contributed by atoms with E-state index < -0.39 is 12.3 Å². The number of nitrogens with one attached hydrogen (secondary N) is 1. The summed E-state index contributed by atoms with van der Waals surface area (Å²) < 4.78 is 5.15. The molecule has 0 aliphatic carbocycles. The van der Waals surface area contributed by atoms with E-state index in [9.17, 15) is 9.90 Å². The lowest BCUT2D eigenvalue weighted by atomic mass is 9.87. The minimum absolute atomic E-state index is 0.227. The van der Waals surface area contributed by atoms with Crippen LogP contribution in [0.4, 0.5) is 4.79 Å². The van der Waals surface area contributed by atoms with Crippen molar-refractivity contribution < 1.29 is 14.6 Å². The lowest BCUT2D eigenvalue weighted by Gasteiger charge is -2.37. The van der Waals surface area contributed by atoms with Gasteiger partial charge in [0.25, 0.3) is 0 Å². The summed E-state index contributed by atoms with van der Waals surface area (Å²) in [7, 11) is 0. The first-order valence-electron chi connectivity index (χ1n) is 11.3. The number of ether oxygens (including phenoxy) is 1. The van der Waals surface area contributed by atoms with Gasteiger partial charge in [-0.2, -0.15) is 0 Å². The number of hydrogen-bond donors (Lipinski definition) is 2. The number of likely N-dealkylation sites (tertiary alicyclic amines) is 1. The summed E-state index contributed by atoms with van der Waals surface area (Å²) in [6.07, 6.45) is 3.35. The molecule has 0 spiro atoms. The Hall–Kier alpha value is -1.79. The average molecular weight is 479 g/mol. The van der Waals surface area contributed by atoms with Gasteiger partial charge in [-0.3, -0.25) is 4.90 Å². The lowest BCUT2D eigenvalue weighted by Crippen LogP contribution is -2.45. The molecule has 174 valence electrons. The van der Waals surface area contributed by atoms with E-state index in [-0.39, 0.29) is 12.0 Å². The van der Waals surface area contributed by atoms with Crippen LogP contribution in [0, 0.1) is 0 Å². The van der Waals surface area contributed by atoms with Crippen LogP contribution in [0.15, 0.2) is 48.5 Å². The minimum Gasteiger partial charge on any atom is -0.450 e. The van der Waals surface area contributed by atoms with Crippen LogP contribution in [0.1, 0.15) is 49.7 Å². The Labute approximate surface area is 200 Å². The molecule has 1 heterocycles. The molecule has 1 saturated heterocycles. The molecule has 3 atom stereocenters. The molecule has 0 bridgehead atoms. The molecule has 2 aromatic rings. The van der Waals surface area contributed by atoms with Gasteiger partial charge in [0.05, 0.1) is 16.7 Å². The first-order valence-corrected chi connectivity index (χ1v) is 12.1. The maximum Gasteiger partial charge on any atom is 0.407 e. The Morgan fingerprint density at radius 1 is 1.09 bits per heavy atom. The molecular weight excluding hydrogens is 447 g/mol. The van der Waals surface area contributed by atoms with Crippen LogP contribution in [-0.4, -0.2) is 48.1 Å². The van der Waals surface area contributed by atoms with Gasteiger partial charge in [-0.1, -0.05) is 66.0 Å². The summed E-state index contributed by atoms with van der Waals surface area (Å²) in [5.41, 5.74) is 2.01. The van der Waals surface area contributed by atoms with Crippen LogP contribution in [0.5, 0.6) is 0 Å². The molecule has 2 aromatic carbocycles. The smallest absolute Gasteiger partial charge is 0.407 e. The number of halogens is 2. The van der Waals surface area contributed by atoms with Crippen molar-refractivity contribution in [2.24, 2.45) is 0 Å². The number of nitrogens with zero attached hydrogens (tertiary/aromatic N) is 1. The van der Waals surface area contributed by atoms with Gasteiger partial charge in [0.1, 0.15) is 6.23 Å². The number of aliphatic hydroxyl groups is 1. The highest BCUT2D eigenvalue weighted by Crippen LogP contribution is 2.33. The fourth-order valence-corrected chi connectivity index (χ4v) is 4.65. The summed E-state index contributed by atoms with van der Waals surface area (Å²) in [6.45, 7) is 3.79. The van der Waals surface area contributed by atoms with E-state index in [1.165, 1.54) is 6.42 Å². The molecule has 32 heavy (non-hydrogen) atoms. The third kappa shape index (κ3) is 7.11. The molecule has 3 unspecified atom stereocenters. The summed E-state index contributed by atoms with van der Waals surface area (Å²) in [5.74, 6) is -0.251. The van der Waals surface area contributed by atoms with Crippen LogP contribution in [0.3, 0.4) is 0 Å². The molecule has 5 nitrogen and oxygen atoms in total. The maximum absolute atomic E-state index is 12.3. The zero-order chi connectivity index (χ0) is 22.9. The number of piperidine rings is 1. The molecule has 7 heteroatoms. The number of aliphatic hydroxyl groups excluding tert-OH is 1. The Bertz CT molecular complexity index is 860. The van der Waals surface area contributed by atoms with Crippen molar-refractivity contribution in [2.45, 2.75) is 57.2 Å². The standard InChI is InChI=1S/C25H32Cl2N2O3/c1-2-32-25(31)28-20(15-18-9-5-3-6-10-18)17-21(19-11-12-22(26)23(27)16-19)24(30)29-13-7-4-8-14-29/h3,5-6,9-12,16,20-21,24,30H,2,4,7-8,13-15,17H2,1H3,(H,28,31).